The highest BCUT2D eigenvalue weighted by Crippen LogP contribution is 2.56. The molecule has 0 radical (unpaired) electrons. The zero-order chi connectivity index (χ0) is 25.6. The lowest BCUT2D eigenvalue weighted by Crippen LogP contribution is -2.51. The minimum Gasteiger partial charge on any atom is -0.296 e. The third-order valence-electron chi connectivity index (χ3n) is 8.08. The molecule has 4 atom stereocenters. The summed E-state index contributed by atoms with van der Waals surface area (Å²) in [7, 11) is 0. The summed E-state index contributed by atoms with van der Waals surface area (Å²) in [6.07, 6.45) is 0. The predicted molar refractivity (Wildman–Crippen MR) is 141 cm³/mol. The lowest BCUT2D eigenvalue weighted by Gasteiger charge is -2.32. The molecule has 4 heterocycles. The Bertz CT molecular complexity index is 1710. The van der Waals surface area contributed by atoms with E-state index in [4.69, 9.17) is 16.6 Å². The SMILES string of the molecule is CC(C)C1NC2(c3ccccc3-n3c2nc2ccccc2c3=O)[C@H]2C(=O)N(c3cccc(Cl)c3)C(=O)[C@@H]12. The van der Waals surface area contributed by atoms with Gasteiger partial charge in [-0.15, -0.1) is 0 Å². The van der Waals surface area contributed by atoms with Crippen LogP contribution in [-0.2, 0) is 15.1 Å². The van der Waals surface area contributed by atoms with Crippen molar-refractivity contribution in [1.82, 2.24) is 14.9 Å². The molecule has 0 saturated carbocycles. The molecule has 37 heavy (non-hydrogen) atoms. The van der Waals surface area contributed by atoms with Crippen molar-refractivity contribution in [2.24, 2.45) is 17.8 Å². The maximum Gasteiger partial charge on any atom is 0.266 e. The number of hydrogen-bond acceptors (Lipinski definition) is 5. The monoisotopic (exact) mass is 510 g/mol. The molecule has 2 unspecified atom stereocenters. The average molecular weight is 511 g/mol. The molecular formula is C29H23ClN4O3. The van der Waals surface area contributed by atoms with E-state index in [2.05, 4.69) is 5.32 Å². The van der Waals surface area contributed by atoms with Crippen LogP contribution in [0.25, 0.3) is 16.6 Å². The molecule has 0 aliphatic carbocycles. The molecule has 1 N–H and O–H groups in total. The smallest absolute Gasteiger partial charge is 0.266 e. The van der Waals surface area contributed by atoms with Gasteiger partial charge in [0.15, 0.2) is 0 Å². The zero-order valence-electron chi connectivity index (χ0n) is 20.2. The number of carbonyl (C=O) groups is 2. The van der Waals surface area contributed by atoms with E-state index in [-0.39, 0.29) is 29.3 Å². The van der Waals surface area contributed by atoms with Crippen LogP contribution in [-0.4, -0.2) is 27.4 Å². The molecule has 7 rings (SSSR count). The van der Waals surface area contributed by atoms with E-state index in [9.17, 15) is 14.4 Å². The van der Waals surface area contributed by atoms with Crippen LogP contribution in [0, 0.1) is 17.8 Å². The summed E-state index contributed by atoms with van der Waals surface area (Å²) in [4.78, 5) is 48.4. The third-order valence-corrected chi connectivity index (χ3v) is 8.32. The topological polar surface area (TPSA) is 84.3 Å². The third kappa shape index (κ3) is 2.76. The lowest BCUT2D eigenvalue weighted by molar-refractivity contribution is -0.123. The van der Waals surface area contributed by atoms with Crippen LogP contribution in [0.3, 0.4) is 0 Å². The standard InChI is InChI=1S/C29H23ClN4O3/c1-15(2)24-22-23(27(37)33(26(22)36)17-9-7-8-16(30)14-17)29(32-24)19-11-4-6-13-21(19)34-25(35)18-10-3-5-12-20(18)31-28(29)34/h3-15,22-24,32H,1-2H3/t22-,23-,24?,29?/m1/s1. The number of nitrogens with one attached hydrogen (secondary N) is 1. The molecule has 1 aromatic heterocycles. The molecule has 4 aromatic rings. The highest BCUT2D eigenvalue weighted by molar-refractivity contribution is 6.31. The quantitative estimate of drug-likeness (QED) is 0.412. The van der Waals surface area contributed by atoms with Gasteiger partial charge < -0.3 is 0 Å². The van der Waals surface area contributed by atoms with Gasteiger partial charge in [0.2, 0.25) is 11.8 Å². The fraction of sp³-hybridized carbons (Fsp3) is 0.241. The Balaban J connectivity index is 1.54. The maximum atomic E-state index is 14.3. The fourth-order valence-corrected chi connectivity index (χ4v) is 6.78. The number of imide groups is 1. The number of benzene rings is 3. The number of nitrogens with zero attached hydrogens (tertiary/aromatic N) is 3. The number of para-hydroxylation sites is 2. The average Bonchev–Trinajstić information content (AvgIpc) is 3.48. The molecule has 0 bridgehead atoms. The van der Waals surface area contributed by atoms with Gasteiger partial charge in [-0.2, -0.15) is 0 Å². The molecule has 2 amide bonds. The number of halogens is 1. The normalized spacial score (nSPS) is 25.8. The Morgan fingerprint density at radius 2 is 1.70 bits per heavy atom. The van der Waals surface area contributed by atoms with Crippen LogP contribution in [0.2, 0.25) is 5.02 Å². The van der Waals surface area contributed by atoms with Gasteiger partial charge in [-0.1, -0.05) is 61.8 Å². The van der Waals surface area contributed by atoms with Crippen molar-refractivity contribution in [3.8, 4) is 5.69 Å². The van der Waals surface area contributed by atoms with E-state index in [1.807, 2.05) is 50.2 Å². The number of anilines is 1. The summed E-state index contributed by atoms with van der Waals surface area (Å²) < 4.78 is 1.62. The Morgan fingerprint density at radius 3 is 2.49 bits per heavy atom. The second-order valence-corrected chi connectivity index (χ2v) is 10.8. The van der Waals surface area contributed by atoms with Crippen molar-refractivity contribution in [3.63, 3.8) is 0 Å². The minimum absolute atomic E-state index is 0.0383. The first-order valence-electron chi connectivity index (χ1n) is 12.4. The van der Waals surface area contributed by atoms with E-state index in [1.54, 1.807) is 41.0 Å². The second-order valence-electron chi connectivity index (χ2n) is 10.3. The van der Waals surface area contributed by atoms with Crippen LogP contribution < -0.4 is 15.8 Å². The number of rotatable bonds is 2. The first kappa shape index (κ1) is 22.4. The molecule has 1 spiro atoms. The zero-order valence-corrected chi connectivity index (χ0v) is 20.9. The molecule has 3 aromatic carbocycles. The number of amides is 2. The van der Waals surface area contributed by atoms with E-state index in [0.717, 1.165) is 5.56 Å². The van der Waals surface area contributed by atoms with Gasteiger partial charge in [0, 0.05) is 16.6 Å². The summed E-state index contributed by atoms with van der Waals surface area (Å²) >= 11 is 6.24. The Morgan fingerprint density at radius 1 is 0.946 bits per heavy atom. The first-order chi connectivity index (χ1) is 17.8. The summed E-state index contributed by atoms with van der Waals surface area (Å²) in [6.45, 7) is 4.07. The number of carbonyl (C=O) groups excluding carboxylic acids is 2. The van der Waals surface area contributed by atoms with Gasteiger partial charge in [-0.3, -0.25) is 24.3 Å². The molecule has 3 aliphatic rings. The van der Waals surface area contributed by atoms with Crippen LogP contribution in [0.5, 0.6) is 0 Å². The summed E-state index contributed by atoms with van der Waals surface area (Å²) in [5.74, 6) is -1.51. The van der Waals surface area contributed by atoms with Gasteiger partial charge in [0.05, 0.1) is 34.1 Å². The van der Waals surface area contributed by atoms with Gasteiger partial charge in [-0.05, 0) is 42.3 Å². The van der Waals surface area contributed by atoms with E-state index in [0.29, 0.717) is 33.1 Å². The van der Waals surface area contributed by atoms with Crippen LogP contribution in [0.15, 0.2) is 77.6 Å². The Labute approximate surface area is 217 Å². The summed E-state index contributed by atoms with van der Waals surface area (Å²) in [5, 5.41) is 4.65. The summed E-state index contributed by atoms with van der Waals surface area (Å²) in [5.41, 5.74) is 1.13. The largest absolute Gasteiger partial charge is 0.296 e. The van der Waals surface area contributed by atoms with Crippen LogP contribution in [0.1, 0.15) is 25.2 Å². The molecular weight excluding hydrogens is 488 g/mol. The van der Waals surface area contributed by atoms with Gasteiger partial charge >= 0.3 is 0 Å². The van der Waals surface area contributed by atoms with E-state index >= 15 is 0 Å². The van der Waals surface area contributed by atoms with E-state index < -0.39 is 17.4 Å². The summed E-state index contributed by atoms with van der Waals surface area (Å²) in [6, 6.07) is 21.3. The highest BCUT2D eigenvalue weighted by Gasteiger charge is 2.70. The Kier molecular flexibility index (Phi) is 4.60. The van der Waals surface area contributed by atoms with Crippen LogP contribution >= 0.6 is 11.6 Å². The predicted octanol–water partition coefficient (Wildman–Crippen LogP) is 4.03. The number of fused-ring (bicyclic) bond motifs is 8. The van der Waals surface area contributed by atoms with Gasteiger partial charge in [0.1, 0.15) is 11.4 Å². The molecule has 7 nitrogen and oxygen atoms in total. The first-order valence-corrected chi connectivity index (χ1v) is 12.8. The van der Waals surface area contributed by atoms with E-state index in [1.165, 1.54) is 4.90 Å². The fourth-order valence-electron chi connectivity index (χ4n) is 6.59. The molecule has 184 valence electrons. The van der Waals surface area contributed by atoms with Gasteiger partial charge in [0.25, 0.3) is 5.56 Å². The van der Waals surface area contributed by atoms with Crippen molar-refractivity contribution < 1.29 is 9.59 Å². The number of aromatic nitrogens is 2. The highest BCUT2D eigenvalue weighted by atomic mass is 35.5. The molecule has 2 fully saturated rings. The van der Waals surface area contributed by atoms with Crippen molar-refractivity contribution in [2.45, 2.75) is 25.4 Å². The minimum atomic E-state index is -1.14. The molecule has 3 aliphatic heterocycles. The molecule has 8 heteroatoms. The number of hydrogen-bond donors (Lipinski definition) is 1. The Hall–Kier alpha value is -3.81. The van der Waals surface area contributed by atoms with Crippen molar-refractivity contribution in [2.75, 3.05) is 4.90 Å². The van der Waals surface area contributed by atoms with Crippen molar-refractivity contribution in [1.29, 1.82) is 0 Å². The van der Waals surface area contributed by atoms with Crippen molar-refractivity contribution >= 4 is 40.0 Å². The van der Waals surface area contributed by atoms with Crippen molar-refractivity contribution in [3.05, 3.63) is 99.6 Å². The van der Waals surface area contributed by atoms with Gasteiger partial charge in [-0.25, -0.2) is 9.88 Å². The maximum absolute atomic E-state index is 14.3. The molecule has 2 saturated heterocycles. The lowest BCUT2D eigenvalue weighted by atomic mass is 9.75. The second kappa shape index (κ2) is 7.60. The van der Waals surface area contributed by atoms with Crippen LogP contribution in [0.4, 0.5) is 5.69 Å².